The van der Waals surface area contributed by atoms with Crippen LogP contribution in [-0.4, -0.2) is 30.5 Å². The highest BCUT2D eigenvalue weighted by molar-refractivity contribution is 9.10. The van der Waals surface area contributed by atoms with Gasteiger partial charge < -0.3 is 15.2 Å². The highest BCUT2D eigenvalue weighted by atomic mass is 79.9. The van der Waals surface area contributed by atoms with Crippen LogP contribution in [0.25, 0.3) is 0 Å². The van der Waals surface area contributed by atoms with Gasteiger partial charge in [0.1, 0.15) is 0 Å². The fourth-order valence-electron chi connectivity index (χ4n) is 2.10. The Balaban J connectivity index is 2.01. The topological polar surface area (TPSA) is 41.5 Å². The second-order valence-electron chi connectivity index (χ2n) is 4.64. The standard InChI is InChI=1S/C13H17BrClNO2/c14-12-7-11(15)2-1-10(12)8-16-13(9-17)3-5-18-6-4-13/h1-2,7,16-17H,3-6,8-9H2. The van der Waals surface area contributed by atoms with E-state index in [0.29, 0.717) is 24.8 Å². The summed E-state index contributed by atoms with van der Waals surface area (Å²) in [5.74, 6) is 0. The number of benzene rings is 1. The van der Waals surface area contributed by atoms with Crippen molar-refractivity contribution in [2.75, 3.05) is 19.8 Å². The summed E-state index contributed by atoms with van der Waals surface area (Å²) in [5.41, 5.74) is 0.927. The Morgan fingerprint density at radius 1 is 1.39 bits per heavy atom. The van der Waals surface area contributed by atoms with E-state index in [2.05, 4.69) is 21.2 Å². The van der Waals surface area contributed by atoms with Gasteiger partial charge in [-0.15, -0.1) is 0 Å². The average molecular weight is 335 g/mol. The minimum atomic E-state index is -0.211. The van der Waals surface area contributed by atoms with E-state index < -0.39 is 0 Å². The summed E-state index contributed by atoms with van der Waals surface area (Å²) in [4.78, 5) is 0. The maximum atomic E-state index is 9.58. The highest BCUT2D eigenvalue weighted by Gasteiger charge is 2.31. The molecule has 1 saturated heterocycles. The fraction of sp³-hybridized carbons (Fsp3) is 0.538. The van der Waals surface area contributed by atoms with E-state index in [1.807, 2.05) is 18.2 Å². The number of hydrogen-bond donors (Lipinski definition) is 2. The molecule has 1 heterocycles. The molecule has 0 saturated carbocycles. The lowest BCUT2D eigenvalue weighted by atomic mass is 9.91. The summed E-state index contributed by atoms with van der Waals surface area (Å²) in [6.45, 7) is 2.25. The Labute approximate surface area is 121 Å². The molecule has 0 bridgehead atoms. The molecule has 18 heavy (non-hydrogen) atoms. The van der Waals surface area contributed by atoms with Gasteiger partial charge in [-0.2, -0.15) is 0 Å². The van der Waals surface area contributed by atoms with Crippen molar-refractivity contribution < 1.29 is 9.84 Å². The largest absolute Gasteiger partial charge is 0.394 e. The SMILES string of the molecule is OCC1(NCc2ccc(Cl)cc2Br)CCOCC1. The fourth-order valence-corrected chi connectivity index (χ4v) is 2.92. The number of ether oxygens (including phenoxy) is 1. The quantitative estimate of drug-likeness (QED) is 0.889. The van der Waals surface area contributed by atoms with E-state index in [9.17, 15) is 5.11 Å². The van der Waals surface area contributed by atoms with E-state index >= 15 is 0 Å². The summed E-state index contributed by atoms with van der Waals surface area (Å²) in [7, 11) is 0. The van der Waals surface area contributed by atoms with Gasteiger partial charge in [-0.3, -0.25) is 0 Å². The molecule has 0 aromatic heterocycles. The molecule has 0 amide bonds. The number of aliphatic hydroxyl groups excluding tert-OH is 1. The van der Waals surface area contributed by atoms with Crippen LogP contribution in [0.1, 0.15) is 18.4 Å². The molecule has 5 heteroatoms. The molecule has 2 rings (SSSR count). The molecule has 1 aliphatic heterocycles. The van der Waals surface area contributed by atoms with E-state index in [-0.39, 0.29) is 12.1 Å². The first-order chi connectivity index (χ1) is 8.65. The first-order valence-corrected chi connectivity index (χ1v) is 7.20. The zero-order chi connectivity index (χ0) is 13.0. The van der Waals surface area contributed by atoms with Gasteiger partial charge >= 0.3 is 0 Å². The zero-order valence-electron chi connectivity index (χ0n) is 10.1. The molecule has 0 spiro atoms. The predicted octanol–water partition coefficient (Wildman–Crippen LogP) is 2.73. The summed E-state index contributed by atoms with van der Waals surface area (Å²) in [6.07, 6.45) is 1.68. The molecular formula is C13H17BrClNO2. The van der Waals surface area contributed by atoms with Crippen molar-refractivity contribution in [1.82, 2.24) is 5.32 Å². The Morgan fingerprint density at radius 3 is 2.72 bits per heavy atom. The second-order valence-corrected chi connectivity index (χ2v) is 5.93. The van der Waals surface area contributed by atoms with Gasteiger partial charge in [0.15, 0.2) is 0 Å². The molecule has 3 nitrogen and oxygen atoms in total. The third-order valence-corrected chi connectivity index (χ3v) is 4.39. The monoisotopic (exact) mass is 333 g/mol. The minimum absolute atomic E-state index is 0.140. The molecule has 1 fully saturated rings. The minimum Gasteiger partial charge on any atom is -0.394 e. The van der Waals surface area contributed by atoms with Crippen LogP contribution in [0.15, 0.2) is 22.7 Å². The van der Waals surface area contributed by atoms with E-state index in [0.717, 1.165) is 22.9 Å². The van der Waals surface area contributed by atoms with Crippen LogP contribution in [-0.2, 0) is 11.3 Å². The highest BCUT2D eigenvalue weighted by Crippen LogP contribution is 2.24. The maximum absolute atomic E-state index is 9.58. The number of nitrogens with one attached hydrogen (secondary N) is 1. The van der Waals surface area contributed by atoms with Crippen molar-refractivity contribution in [3.05, 3.63) is 33.3 Å². The first-order valence-electron chi connectivity index (χ1n) is 6.03. The van der Waals surface area contributed by atoms with E-state index in [1.54, 1.807) is 0 Å². The Bertz CT molecular complexity index is 408. The van der Waals surface area contributed by atoms with Crippen LogP contribution in [0, 0.1) is 0 Å². The normalized spacial score (nSPS) is 18.8. The van der Waals surface area contributed by atoms with Gasteiger partial charge in [0.25, 0.3) is 0 Å². The van der Waals surface area contributed by atoms with Crippen LogP contribution in [0.3, 0.4) is 0 Å². The van der Waals surface area contributed by atoms with Crippen LogP contribution in [0.2, 0.25) is 5.02 Å². The van der Waals surface area contributed by atoms with E-state index in [4.69, 9.17) is 16.3 Å². The number of aliphatic hydroxyl groups is 1. The van der Waals surface area contributed by atoms with Gasteiger partial charge in [0, 0.05) is 34.8 Å². The third-order valence-electron chi connectivity index (χ3n) is 3.42. The lowest BCUT2D eigenvalue weighted by Gasteiger charge is -2.36. The van der Waals surface area contributed by atoms with Crippen molar-refractivity contribution in [1.29, 1.82) is 0 Å². The van der Waals surface area contributed by atoms with Crippen molar-refractivity contribution >= 4 is 27.5 Å². The molecule has 0 aliphatic carbocycles. The number of halogens is 2. The molecule has 100 valence electrons. The first kappa shape index (κ1) is 14.3. The third kappa shape index (κ3) is 3.45. The molecule has 0 unspecified atom stereocenters. The van der Waals surface area contributed by atoms with Gasteiger partial charge in [0.05, 0.1) is 6.61 Å². The van der Waals surface area contributed by atoms with Crippen LogP contribution >= 0.6 is 27.5 Å². The summed E-state index contributed by atoms with van der Waals surface area (Å²) in [5, 5.41) is 13.8. The molecule has 2 N–H and O–H groups in total. The number of rotatable bonds is 4. The Kier molecular flexibility index (Phi) is 5.04. The smallest absolute Gasteiger partial charge is 0.0615 e. The predicted molar refractivity (Wildman–Crippen MR) is 75.9 cm³/mol. The van der Waals surface area contributed by atoms with Crippen molar-refractivity contribution in [2.45, 2.75) is 24.9 Å². The van der Waals surface area contributed by atoms with Gasteiger partial charge in [-0.1, -0.05) is 33.6 Å². The lowest BCUT2D eigenvalue weighted by Crippen LogP contribution is -2.51. The molecule has 0 atom stereocenters. The van der Waals surface area contributed by atoms with Crippen LogP contribution in [0.5, 0.6) is 0 Å². The molecule has 0 radical (unpaired) electrons. The maximum Gasteiger partial charge on any atom is 0.0615 e. The van der Waals surface area contributed by atoms with E-state index in [1.165, 1.54) is 0 Å². The second kappa shape index (κ2) is 6.35. The zero-order valence-corrected chi connectivity index (χ0v) is 12.4. The average Bonchev–Trinajstić information content (AvgIpc) is 2.39. The van der Waals surface area contributed by atoms with Crippen molar-refractivity contribution in [3.63, 3.8) is 0 Å². The molecule has 1 aromatic carbocycles. The lowest BCUT2D eigenvalue weighted by molar-refractivity contribution is 0.0111. The number of hydrogen-bond acceptors (Lipinski definition) is 3. The Hall–Kier alpha value is -0.130. The van der Waals surface area contributed by atoms with Crippen LogP contribution in [0.4, 0.5) is 0 Å². The van der Waals surface area contributed by atoms with Crippen molar-refractivity contribution in [2.24, 2.45) is 0 Å². The molecule has 1 aromatic rings. The van der Waals surface area contributed by atoms with Gasteiger partial charge in [-0.25, -0.2) is 0 Å². The Morgan fingerprint density at radius 2 is 2.11 bits per heavy atom. The molecule has 1 aliphatic rings. The molecular weight excluding hydrogens is 318 g/mol. The van der Waals surface area contributed by atoms with Crippen LogP contribution < -0.4 is 5.32 Å². The summed E-state index contributed by atoms with van der Waals surface area (Å²) in [6, 6.07) is 5.75. The van der Waals surface area contributed by atoms with Crippen molar-refractivity contribution in [3.8, 4) is 0 Å². The summed E-state index contributed by atoms with van der Waals surface area (Å²) < 4.78 is 6.33. The van der Waals surface area contributed by atoms with Gasteiger partial charge in [0.2, 0.25) is 0 Å². The van der Waals surface area contributed by atoms with Gasteiger partial charge in [-0.05, 0) is 30.5 Å². The summed E-state index contributed by atoms with van der Waals surface area (Å²) >= 11 is 9.41.